The zero-order chi connectivity index (χ0) is 13.7. The lowest BCUT2D eigenvalue weighted by Crippen LogP contribution is -2.22. The number of nitrogens with one attached hydrogen (secondary N) is 1. The van der Waals surface area contributed by atoms with Gasteiger partial charge in [-0.3, -0.25) is 0 Å². The summed E-state index contributed by atoms with van der Waals surface area (Å²) < 4.78 is 18.4. The highest BCUT2D eigenvalue weighted by molar-refractivity contribution is 5.41. The van der Waals surface area contributed by atoms with Gasteiger partial charge in [-0.05, 0) is 30.3 Å². The molecule has 1 unspecified atom stereocenters. The number of rotatable bonds is 5. The topological polar surface area (TPSA) is 21.3 Å². The van der Waals surface area contributed by atoms with Gasteiger partial charge in [0.05, 0.1) is 13.2 Å². The van der Waals surface area contributed by atoms with Crippen LogP contribution in [-0.2, 0) is 0 Å². The van der Waals surface area contributed by atoms with Crippen LogP contribution in [-0.4, -0.2) is 13.7 Å². The summed E-state index contributed by atoms with van der Waals surface area (Å²) in [6.45, 7) is 2.87. The first-order valence-electron chi connectivity index (χ1n) is 6.38. The fraction of sp³-hybridized carbons (Fsp3) is 0.250. The summed E-state index contributed by atoms with van der Waals surface area (Å²) in [4.78, 5) is 0. The summed E-state index contributed by atoms with van der Waals surface area (Å²) in [5.74, 6) is 0.608. The van der Waals surface area contributed by atoms with Gasteiger partial charge in [-0.25, -0.2) is 4.39 Å². The number of hydrogen-bond donors (Lipinski definition) is 1. The van der Waals surface area contributed by atoms with Crippen molar-refractivity contribution < 1.29 is 9.13 Å². The summed E-state index contributed by atoms with van der Waals surface area (Å²) >= 11 is 0. The molecule has 2 nitrogen and oxygen atoms in total. The molecular weight excluding hydrogens is 241 g/mol. The minimum atomic E-state index is -0.223. The normalized spacial score (nSPS) is 12.2. The van der Waals surface area contributed by atoms with E-state index >= 15 is 0 Å². The van der Waals surface area contributed by atoms with Crippen molar-refractivity contribution in [1.82, 2.24) is 5.32 Å². The zero-order valence-corrected chi connectivity index (χ0v) is 11.2. The van der Waals surface area contributed by atoms with Crippen LogP contribution in [0.2, 0.25) is 0 Å². The molecule has 19 heavy (non-hydrogen) atoms. The Morgan fingerprint density at radius 3 is 2.42 bits per heavy atom. The van der Waals surface area contributed by atoms with Crippen molar-refractivity contribution in [3.63, 3.8) is 0 Å². The molecule has 1 atom stereocenters. The van der Waals surface area contributed by atoms with Crippen LogP contribution in [0.5, 0.6) is 5.75 Å². The van der Waals surface area contributed by atoms with Crippen LogP contribution in [0.4, 0.5) is 4.39 Å². The van der Waals surface area contributed by atoms with Crippen molar-refractivity contribution in [2.75, 3.05) is 13.7 Å². The van der Waals surface area contributed by atoms with E-state index in [0.717, 1.165) is 23.4 Å². The maximum Gasteiger partial charge on any atom is 0.123 e. The summed E-state index contributed by atoms with van der Waals surface area (Å²) in [5, 5.41) is 3.41. The van der Waals surface area contributed by atoms with Gasteiger partial charge in [-0.15, -0.1) is 0 Å². The molecule has 0 heterocycles. The Hall–Kier alpha value is -1.87. The molecule has 0 aromatic heterocycles. The lowest BCUT2D eigenvalue weighted by molar-refractivity contribution is 0.404. The number of hydrogen-bond acceptors (Lipinski definition) is 2. The van der Waals surface area contributed by atoms with Gasteiger partial charge in [0.15, 0.2) is 0 Å². The van der Waals surface area contributed by atoms with E-state index in [1.54, 1.807) is 19.2 Å². The monoisotopic (exact) mass is 259 g/mol. The molecule has 2 aromatic carbocycles. The van der Waals surface area contributed by atoms with Crippen LogP contribution in [0.25, 0.3) is 0 Å². The van der Waals surface area contributed by atoms with E-state index < -0.39 is 0 Å². The number of benzene rings is 2. The first kappa shape index (κ1) is 13.6. The van der Waals surface area contributed by atoms with Crippen LogP contribution in [0.1, 0.15) is 24.1 Å². The number of ether oxygens (including phenoxy) is 1. The SMILES string of the molecule is CCNC(c1ccc(F)cc1)c1ccccc1OC. The fourth-order valence-corrected chi connectivity index (χ4v) is 2.17. The predicted molar refractivity (Wildman–Crippen MR) is 74.9 cm³/mol. The Balaban J connectivity index is 2.42. The molecule has 2 aromatic rings. The average molecular weight is 259 g/mol. The van der Waals surface area contributed by atoms with Crippen molar-refractivity contribution in [3.05, 3.63) is 65.5 Å². The molecule has 2 rings (SSSR count). The Labute approximate surface area is 113 Å². The van der Waals surface area contributed by atoms with Gasteiger partial charge < -0.3 is 10.1 Å². The van der Waals surface area contributed by atoms with E-state index in [1.807, 2.05) is 31.2 Å². The Kier molecular flexibility index (Phi) is 4.53. The van der Waals surface area contributed by atoms with Gasteiger partial charge in [-0.1, -0.05) is 37.3 Å². The minimum Gasteiger partial charge on any atom is -0.496 e. The van der Waals surface area contributed by atoms with Gasteiger partial charge in [-0.2, -0.15) is 0 Å². The molecule has 0 spiro atoms. The summed E-state index contributed by atoms with van der Waals surface area (Å²) in [5.41, 5.74) is 2.08. The molecule has 0 saturated heterocycles. The molecule has 0 aliphatic carbocycles. The van der Waals surface area contributed by atoms with E-state index in [9.17, 15) is 4.39 Å². The smallest absolute Gasteiger partial charge is 0.123 e. The van der Waals surface area contributed by atoms with Crippen LogP contribution in [0.15, 0.2) is 48.5 Å². The predicted octanol–water partition coefficient (Wildman–Crippen LogP) is 3.53. The Morgan fingerprint density at radius 1 is 1.11 bits per heavy atom. The van der Waals surface area contributed by atoms with Gasteiger partial charge >= 0.3 is 0 Å². The van der Waals surface area contributed by atoms with Gasteiger partial charge in [0.1, 0.15) is 11.6 Å². The molecule has 0 bridgehead atoms. The van der Waals surface area contributed by atoms with Gasteiger partial charge in [0.2, 0.25) is 0 Å². The molecule has 0 aliphatic heterocycles. The first-order valence-corrected chi connectivity index (χ1v) is 6.38. The molecule has 0 fully saturated rings. The second kappa shape index (κ2) is 6.34. The van der Waals surface area contributed by atoms with Crippen LogP contribution in [0, 0.1) is 5.82 Å². The quantitative estimate of drug-likeness (QED) is 0.887. The van der Waals surface area contributed by atoms with E-state index in [-0.39, 0.29) is 11.9 Å². The maximum absolute atomic E-state index is 13.0. The van der Waals surface area contributed by atoms with Crippen molar-refractivity contribution in [1.29, 1.82) is 0 Å². The standard InChI is InChI=1S/C16H18FNO/c1-3-18-16(12-8-10-13(17)11-9-12)14-6-4-5-7-15(14)19-2/h4-11,16,18H,3H2,1-2H3. The van der Waals surface area contributed by atoms with E-state index in [4.69, 9.17) is 4.74 Å². The lowest BCUT2D eigenvalue weighted by Gasteiger charge is -2.21. The minimum absolute atomic E-state index is 0.00162. The van der Waals surface area contributed by atoms with E-state index in [0.29, 0.717) is 0 Å². The first-order chi connectivity index (χ1) is 9.26. The largest absolute Gasteiger partial charge is 0.496 e. The van der Waals surface area contributed by atoms with Crippen molar-refractivity contribution in [2.45, 2.75) is 13.0 Å². The third-order valence-corrected chi connectivity index (χ3v) is 3.06. The molecule has 100 valence electrons. The van der Waals surface area contributed by atoms with Crippen LogP contribution < -0.4 is 10.1 Å². The summed E-state index contributed by atoms with van der Waals surface area (Å²) in [6, 6.07) is 14.4. The third kappa shape index (κ3) is 3.12. The molecule has 0 amide bonds. The molecule has 0 aliphatic rings. The fourth-order valence-electron chi connectivity index (χ4n) is 2.17. The molecule has 3 heteroatoms. The third-order valence-electron chi connectivity index (χ3n) is 3.06. The average Bonchev–Trinajstić information content (AvgIpc) is 2.46. The number of methoxy groups -OCH3 is 1. The molecule has 0 radical (unpaired) electrons. The maximum atomic E-state index is 13.0. The van der Waals surface area contributed by atoms with Crippen molar-refractivity contribution >= 4 is 0 Å². The lowest BCUT2D eigenvalue weighted by atomic mass is 9.97. The van der Waals surface area contributed by atoms with Crippen LogP contribution >= 0.6 is 0 Å². The van der Waals surface area contributed by atoms with E-state index in [2.05, 4.69) is 5.32 Å². The molecule has 0 saturated carbocycles. The number of halogens is 1. The van der Waals surface area contributed by atoms with Crippen molar-refractivity contribution in [3.8, 4) is 5.75 Å². The molecular formula is C16H18FNO. The Morgan fingerprint density at radius 2 is 1.79 bits per heavy atom. The highest BCUT2D eigenvalue weighted by Gasteiger charge is 2.16. The molecule has 1 N–H and O–H groups in total. The zero-order valence-electron chi connectivity index (χ0n) is 11.2. The van der Waals surface area contributed by atoms with Gasteiger partial charge in [0, 0.05) is 5.56 Å². The highest BCUT2D eigenvalue weighted by atomic mass is 19.1. The Bertz CT molecular complexity index is 525. The highest BCUT2D eigenvalue weighted by Crippen LogP contribution is 2.29. The van der Waals surface area contributed by atoms with Crippen molar-refractivity contribution in [2.24, 2.45) is 0 Å². The summed E-state index contributed by atoms with van der Waals surface area (Å²) in [6.07, 6.45) is 0. The second-order valence-electron chi connectivity index (χ2n) is 4.28. The second-order valence-corrected chi connectivity index (χ2v) is 4.28. The summed E-state index contributed by atoms with van der Waals surface area (Å²) in [7, 11) is 1.66. The van der Waals surface area contributed by atoms with Crippen LogP contribution in [0.3, 0.4) is 0 Å². The van der Waals surface area contributed by atoms with Gasteiger partial charge in [0.25, 0.3) is 0 Å². The van der Waals surface area contributed by atoms with E-state index in [1.165, 1.54) is 12.1 Å². The number of para-hydroxylation sites is 1.